The molecule has 1 unspecified atom stereocenters. The third-order valence-corrected chi connectivity index (χ3v) is 6.94. The summed E-state index contributed by atoms with van der Waals surface area (Å²) >= 11 is 0. The molecule has 3 heterocycles. The quantitative estimate of drug-likeness (QED) is 0.506. The lowest BCUT2D eigenvalue weighted by Gasteiger charge is -2.31. The zero-order chi connectivity index (χ0) is 25.4. The van der Waals surface area contributed by atoms with Crippen LogP contribution >= 0.6 is 0 Å². The third-order valence-electron chi connectivity index (χ3n) is 6.94. The topological polar surface area (TPSA) is 114 Å². The molecular weight excluding hydrogens is 463 g/mol. The van der Waals surface area contributed by atoms with Crippen molar-refractivity contribution >= 4 is 5.82 Å². The maximum Gasteiger partial charge on any atom is 0.232 e. The molecule has 1 aliphatic heterocycles. The number of hydrogen-bond donors (Lipinski definition) is 2. The van der Waals surface area contributed by atoms with Gasteiger partial charge in [-0.3, -0.25) is 4.98 Å². The number of nitriles is 1. The van der Waals surface area contributed by atoms with E-state index in [0.717, 1.165) is 25.7 Å². The number of methoxy groups -OCH3 is 1. The van der Waals surface area contributed by atoms with E-state index in [1.54, 1.807) is 13.2 Å². The van der Waals surface area contributed by atoms with Gasteiger partial charge in [0.2, 0.25) is 5.88 Å². The fourth-order valence-corrected chi connectivity index (χ4v) is 4.84. The van der Waals surface area contributed by atoms with Crippen LogP contribution in [0.25, 0.3) is 11.3 Å². The van der Waals surface area contributed by atoms with Crippen molar-refractivity contribution in [1.82, 2.24) is 20.3 Å². The third kappa shape index (κ3) is 6.87. The maximum absolute atomic E-state index is 14.7. The minimum atomic E-state index is -0.606. The normalized spacial score (nSPS) is 22.4. The van der Waals surface area contributed by atoms with Crippen LogP contribution in [0.1, 0.15) is 45.4 Å². The lowest BCUT2D eigenvalue weighted by Crippen LogP contribution is -2.42. The summed E-state index contributed by atoms with van der Waals surface area (Å²) in [6, 6.07) is 5.11. The minimum Gasteiger partial charge on any atom is -0.475 e. The van der Waals surface area contributed by atoms with Gasteiger partial charge >= 0.3 is 0 Å². The van der Waals surface area contributed by atoms with E-state index in [-0.39, 0.29) is 18.5 Å². The highest BCUT2D eigenvalue weighted by Crippen LogP contribution is 2.31. The average Bonchev–Trinajstić information content (AvgIpc) is 2.90. The molecule has 36 heavy (non-hydrogen) atoms. The molecule has 194 valence electrons. The first-order chi connectivity index (χ1) is 17.5. The Hall–Kier alpha value is -2.87. The standard InChI is InChI=1S/C26H35FN6O3/c1-18(15-34-2)31-19-3-5-20(6-4-19)32-24-11-21(22(27)12-30-24)23-13-29-14-25(33-23)36-17-26(16-28)7-9-35-10-8-26/h11-14,18-20,31H,3-10,15,17H2,1-2H3,(H,30,32). The van der Waals surface area contributed by atoms with Crippen molar-refractivity contribution in [2.75, 3.05) is 38.9 Å². The van der Waals surface area contributed by atoms with Crippen molar-refractivity contribution < 1.29 is 18.6 Å². The number of aromatic nitrogens is 3. The molecule has 9 nitrogen and oxygen atoms in total. The van der Waals surface area contributed by atoms with Crippen LogP contribution in [0.15, 0.2) is 24.7 Å². The zero-order valence-corrected chi connectivity index (χ0v) is 21.0. The Kier molecular flexibility index (Phi) is 9.02. The summed E-state index contributed by atoms with van der Waals surface area (Å²) < 4.78 is 31.1. The fraction of sp³-hybridized carbons (Fsp3) is 0.615. The molecule has 0 radical (unpaired) electrons. The summed E-state index contributed by atoms with van der Waals surface area (Å²) in [5.74, 6) is 0.382. The Morgan fingerprint density at radius 2 is 1.94 bits per heavy atom. The first kappa shape index (κ1) is 26.2. The second-order valence-corrected chi connectivity index (χ2v) is 9.80. The molecule has 2 aromatic rings. The molecule has 1 saturated carbocycles. The maximum atomic E-state index is 14.7. The zero-order valence-electron chi connectivity index (χ0n) is 21.0. The second kappa shape index (κ2) is 12.4. The lowest BCUT2D eigenvalue weighted by atomic mass is 9.83. The van der Waals surface area contributed by atoms with Gasteiger partial charge < -0.3 is 24.8 Å². The molecule has 1 saturated heterocycles. The number of rotatable bonds is 10. The molecule has 4 rings (SSSR count). The Bertz CT molecular complexity index is 1030. The highest BCUT2D eigenvalue weighted by Gasteiger charge is 2.34. The van der Waals surface area contributed by atoms with Gasteiger partial charge in [-0.2, -0.15) is 5.26 Å². The molecule has 10 heteroatoms. The van der Waals surface area contributed by atoms with Gasteiger partial charge in [0.1, 0.15) is 12.4 Å². The van der Waals surface area contributed by atoms with E-state index in [1.165, 1.54) is 18.6 Å². The summed E-state index contributed by atoms with van der Waals surface area (Å²) in [7, 11) is 1.72. The van der Waals surface area contributed by atoms with Gasteiger partial charge in [0.25, 0.3) is 0 Å². The van der Waals surface area contributed by atoms with Crippen LogP contribution in [0.2, 0.25) is 0 Å². The Labute approximate surface area is 211 Å². The number of ether oxygens (including phenoxy) is 3. The van der Waals surface area contributed by atoms with Crippen molar-refractivity contribution in [1.29, 1.82) is 5.26 Å². The molecule has 0 bridgehead atoms. The molecule has 1 aliphatic carbocycles. The molecule has 0 aromatic carbocycles. The van der Waals surface area contributed by atoms with Gasteiger partial charge in [-0.25, -0.2) is 14.4 Å². The van der Waals surface area contributed by atoms with Crippen molar-refractivity contribution in [2.45, 2.75) is 63.6 Å². The highest BCUT2D eigenvalue weighted by molar-refractivity contribution is 5.63. The molecule has 2 aromatic heterocycles. The van der Waals surface area contributed by atoms with Gasteiger partial charge in [-0.1, -0.05) is 0 Å². The summed E-state index contributed by atoms with van der Waals surface area (Å²) in [6.07, 6.45) is 9.51. The van der Waals surface area contributed by atoms with E-state index in [4.69, 9.17) is 14.2 Å². The Balaban J connectivity index is 1.37. The first-order valence-corrected chi connectivity index (χ1v) is 12.6. The van der Waals surface area contributed by atoms with Crippen LogP contribution in [0, 0.1) is 22.6 Å². The van der Waals surface area contributed by atoms with Crippen molar-refractivity contribution in [2.24, 2.45) is 5.41 Å². The van der Waals surface area contributed by atoms with E-state index in [2.05, 4.69) is 38.6 Å². The van der Waals surface area contributed by atoms with Gasteiger partial charge in [-0.15, -0.1) is 0 Å². The van der Waals surface area contributed by atoms with Gasteiger partial charge in [0.05, 0.1) is 42.4 Å². The molecular formula is C26H35FN6O3. The monoisotopic (exact) mass is 498 g/mol. The SMILES string of the molecule is COCC(C)NC1CCC(Nc2cc(-c3cncc(OCC4(C#N)CCOCC4)n3)c(F)cn2)CC1. The number of anilines is 1. The van der Waals surface area contributed by atoms with Gasteiger partial charge in [-0.05, 0) is 51.5 Å². The molecule has 2 aliphatic rings. The molecule has 0 spiro atoms. The van der Waals surface area contributed by atoms with Crippen LogP contribution < -0.4 is 15.4 Å². The van der Waals surface area contributed by atoms with Crippen LogP contribution in [0.5, 0.6) is 5.88 Å². The predicted octanol–water partition coefficient (Wildman–Crippen LogP) is 3.72. The predicted molar refractivity (Wildman–Crippen MR) is 133 cm³/mol. The summed E-state index contributed by atoms with van der Waals surface area (Å²) in [5.41, 5.74) is 0.0504. The lowest BCUT2D eigenvalue weighted by molar-refractivity contribution is 0.0182. The Morgan fingerprint density at radius 3 is 2.67 bits per heavy atom. The highest BCUT2D eigenvalue weighted by atomic mass is 19.1. The van der Waals surface area contributed by atoms with Crippen LogP contribution in [-0.2, 0) is 9.47 Å². The number of nitrogens with one attached hydrogen (secondary N) is 2. The van der Waals surface area contributed by atoms with E-state index < -0.39 is 11.2 Å². The number of nitrogens with zero attached hydrogens (tertiary/aromatic N) is 4. The number of pyridine rings is 1. The fourth-order valence-electron chi connectivity index (χ4n) is 4.84. The number of hydrogen-bond acceptors (Lipinski definition) is 9. The Morgan fingerprint density at radius 1 is 1.19 bits per heavy atom. The first-order valence-electron chi connectivity index (χ1n) is 12.6. The molecule has 2 N–H and O–H groups in total. The summed E-state index contributed by atoms with van der Waals surface area (Å²) in [6.45, 7) is 4.09. The van der Waals surface area contributed by atoms with E-state index in [9.17, 15) is 9.65 Å². The smallest absolute Gasteiger partial charge is 0.232 e. The van der Waals surface area contributed by atoms with Crippen LogP contribution in [0.4, 0.5) is 10.2 Å². The van der Waals surface area contributed by atoms with Crippen molar-refractivity contribution in [3.63, 3.8) is 0 Å². The van der Waals surface area contributed by atoms with Crippen LogP contribution in [0.3, 0.4) is 0 Å². The number of halogens is 1. The van der Waals surface area contributed by atoms with E-state index >= 15 is 0 Å². The molecule has 2 fully saturated rings. The summed E-state index contributed by atoms with van der Waals surface area (Å²) in [4.78, 5) is 12.9. The van der Waals surface area contributed by atoms with E-state index in [0.29, 0.717) is 61.8 Å². The largest absolute Gasteiger partial charge is 0.475 e. The summed E-state index contributed by atoms with van der Waals surface area (Å²) in [5, 5.41) is 16.7. The van der Waals surface area contributed by atoms with Crippen molar-refractivity contribution in [3.8, 4) is 23.2 Å². The molecule has 1 atom stereocenters. The second-order valence-electron chi connectivity index (χ2n) is 9.80. The average molecular weight is 499 g/mol. The van der Waals surface area contributed by atoms with Crippen molar-refractivity contribution in [3.05, 3.63) is 30.5 Å². The molecule has 0 amide bonds. The van der Waals surface area contributed by atoms with Gasteiger partial charge in [0.15, 0.2) is 5.82 Å². The van der Waals surface area contributed by atoms with Gasteiger partial charge in [0, 0.05) is 44.0 Å². The minimum absolute atomic E-state index is 0.193. The van der Waals surface area contributed by atoms with E-state index in [1.807, 2.05) is 0 Å². The van der Waals surface area contributed by atoms with Crippen LogP contribution in [-0.4, -0.2) is 66.6 Å².